The third kappa shape index (κ3) is 3.68. The number of alkyl halides is 2. The highest BCUT2D eigenvalue weighted by atomic mass is 19.3. The molecule has 2 aliphatic heterocycles. The Morgan fingerprint density at radius 2 is 1.81 bits per heavy atom. The number of hydrogen-bond acceptors (Lipinski definition) is 4. The zero-order valence-electron chi connectivity index (χ0n) is 17.6. The summed E-state index contributed by atoms with van der Waals surface area (Å²) >= 11 is 0. The first kappa shape index (κ1) is 20.3. The molecule has 2 unspecified atom stereocenters. The van der Waals surface area contributed by atoms with Crippen LogP contribution >= 0.6 is 0 Å². The van der Waals surface area contributed by atoms with Crippen LogP contribution < -0.4 is 0 Å². The molecule has 2 amide bonds. The van der Waals surface area contributed by atoms with Crippen LogP contribution in [0, 0.1) is 5.92 Å². The predicted octanol–water partition coefficient (Wildman–Crippen LogP) is 3.38. The molecule has 0 aromatic carbocycles. The summed E-state index contributed by atoms with van der Waals surface area (Å²) in [5.74, 6) is -2.95. The number of nitrogens with one attached hydrogen (secondary N) is 1. The number of aromatic nitrogens is 3. The van der Waals surface area contributed by atoms with Crippen LogP contribution in [0.2, 0.25) is 0 Å². The van der Waals surface area contributed by atoms with E-state index in [2.05, 4.69) is 15.2 Å². The largest absolute Gasteiger partial charge is 0.339 e. The maximum absolute atomic E-state index is 13.5. The van der Waals surface area contributed by atoms with Gasteiger partial charge in [-0.2, -0.15) is 5.10 Å². The van der Waals surface area contributed by atoms with Crippen molar-refractivity contribution < 1.29 is 18.4 Å². The van der Waals surface area contributed by atoms with Gasteiger partial charge in [-0.3, -0.25) is 14.7 Å². The number of nitrogens with zero attached hydrogens (tertiary/aromatic N) is 4. The summed E-state index contributed by atoms with van der Waals surface area (Å²) in [7, 11) is 1.81. The molecule has 2 saturated heterocycles. The van der Waals surface area contributed by atoms with Gasteiger partial charge in [0.2, 0.25) is 11.8 Å². The highest BCUT2D eigenvalue weighted by Crippen LogP contribution is 2.42. The molecule has 2 aromatic heterocycles. The lowest BCUT2D eigenvalue weighted by Gasteiger charge is -2.44. The Kier molecular flexibility index (Phi) is 4.94. The summed E-state index contributed by atoms with van der Waals surface area (Å²) in [5, 5.41) is 7.51. The van der Waals surface area contributed by atoms with Crippen LogP contribution in [0.3, 0.4) is 0 Å². The van der Waals surface area contributed by atoms with E-state index in [1.807, 2.05) is 11.9 Å². The number of hydrogen-bond donors (Lipinski definition) is 1. The van der Waals surface area contributed by atoms with Crippen molar-refractivity contribution in [2.24, 2.45) is 5.92 Å². The Labute approximate surface area is 179 Å². The zero-order valence-corrected chi connectivity index (χ0v) is 17.6. The first-order valence-electron chi connectivity index (χ1n) is 11.1. The van der Waals surface area contributed by atoms with Crippen molar-refractivity contribution in [1.29, 1.82) is 0 Å². The summed E-state index contributed by atoms with van der Waals surface area (Å²) in [4.78, 5) is 34.2. The first-order valence-corrected chi connectivity index (χ1v) is 11.1. The average molecular weight is 431 g/mol. The minimum Gasteiger partial charge on any atom is -0.339 e. The van der Waals surface area contributed by atoms with E-state index in [1.54, 1.807) is 23.4 Å². The minimum absolute atomic E-state index is 0.0461. The third-order valence-corrected chi connectivity index (χ3v) is 7.44. The van der Waals surface area contributed by atoms with Crippen LogP contribution in [0.25, 0.3) is 11.0 Å². The second kappa shape index (κ2) is 7.53. The van der Waals surface area contributed by atoms with Gasteiger partial charge in [0.1, 0.15) is 0 Å². The maximum atomic E-state index is 13.5. The normalized spacial score (nSPS) is 28.1. The van der Waals surface area contributed by atoms with Crippen LogP contribution in [0.4, 0.5) is 8.78 Å². The fourth-order valence-corrected chi connectivity index (χ4v) is 5.65. The lowest BCUT2D eigenvalue weighted by molar-refractivity contribution is -0.144. The molecule has 31 heavy (non-hydrogen) atoms. The Hall–Kier alpha value is -2.58. The summed E-state index contributed by atoms with van der Waals surface area (Å²) in [5.41, 5.74) is 1.16. The molecule has 9 heteroatoms. The van der Waals surface area contributed by atoms with E-state index in [-0.39, 0.29) is 61.5 Å². The Bertz CT molecular complexity index is 985. The van der Waals surface area contributed by atoms with E-state index in [0.29, 0.717) is 11.2 Å². The topological polar surface area (TPSA) is 82.2 Å². The molecule has 1 saturated carbocycles. The van der Waals surface area contributed by atoms with Gasteiger partial charge in [0, 0.05) is 55.5 Å². The smallest absolute Gasteiger partial charge is 0.255 e. The standard InChI is InChI=1S/C22H27F2N5O2/c1-28(20(30)15-8-14-12-26-27-19(14)25-11-15)18-9-16-2-3-17(10-18)29(16)21(31)13-4-6-22(23,24)7-5-13/h8,11-13,16-18H,2-7,9-10H2,1H3,(H,25,26,27). The van der Waals surface area contributed by atoms with Crippen molar-refractivity contribution in [3.63, 3.8) is 0 Å². The Morgan fingerprint density at radius 3 is 2.48 bits per heavy atom. The predicted molar refractivity (Wildman–Crippen MR) is 110 cm³/mol. The molecule has 5 rings (SSSR count). The fourth-order valence-electron chi connectivity index (χ4n) is 5.65. The Balaban J connectivity index is 1.26. The highest BCUT2D eigenvalue weighted by molar-refractivity contribution is 5.96. The number of amides is 2. The number of halogens is 2. The number of fused-ring (bicyclic) bond motifs is 3. The molecule has 2 bridgehead atoms. The summed E-state index contributed by atoms with van der Waals surface area (Å²) in [6.07, 6.45) is 6.66. The molecule has 2 atom stereocenters. The third-order valence-electron chi connectivity index (χ3n) is 7.44. The van der Waals surface area contributed by atoms with Crippen LogP contribution in [0.15, 0.2) is 18.5 Å². The van der Waals surface area contributed by atoms with Gasteiger partial charge in [-0.25, -0.2) is 13.8 Å². The maximum Gasteiger partial charge on any atom is 0.255 e. The van der Waals surface area contributed by atoms with E-state index in [0.717, 1.165) is 31.1 Å². The summed E-state index contributed by atoms with van der Waals surface area (Å²) < 4.78 is 27.0. The number of aromatic amines is 1. The summed E-state index contributed by atoms with van der Waals surface area (Å²) in [6.45, 7) is 0. The van der Waals surface area contributed by atoms with E-state index < -0.39 is 5.92 Å². The minimum atomic E-state index is -2.62. The van der Waals surface area contributed by atoms with E-state index >= 15 is 0 Å². The van der Waals surface area contributed by atoms with Crippen LogP contribution in [0.5, 0.6) is 0 Å². The van der Waals surface area contributed by atoms with Crippen LogP contribution in [0.1, 0.15) is 61.7 Å². The van der Waals surface area contributed by atoms with Gasteiger partial charge < -0.3 is 9.80 Å². The van der Waals surface area contributed by atoms with Gasteiger partial charge in [-0.1, -0.05) is 0 Å². The fraction of sp³-hybridized carbons (Fsp3) is 0.636. The van der Waals surface area contributed by atoms with Crippen LogP contribution in [-0.4, -0.2) is 67.9 Å². The van der Waals surface area contributed by atoms with Crippen molar-refractivity contribution in [3.8, 4) is 0 Å². The van der Waals surface area contributed by atoms with E-state index in [4.69, 9.17) is 0 Å². The van der Waals surface area contributed by atoms with Crippen molar-refractivity contribution in [2.75, 3.05) is 7.05 Å². The Morgan fingerprint density at radius 1 is 1.13 bits per heavy atom. The van der Waals surface area contributed by atoms with Gasteiger partial charge in [0.15, 0.2) is 5.65 Å². The van der Waals surface area contributed by atoms with E-state index in [1.165, 1.54) is 0 Å². The molecule has 7 nitrogen and oxygen atoms in total. The average Bonchev–Trinajstić information content (AvgIpc) is 3.33. The second-order valence-electron chi connectivity index (χ2n) is 9.33. The zero-order chi connectivity index (χ0) is 21.8. The molecule has 0 spiro atoms. The number of carbonyl (C=O) groups excluding carboxylic acids is 2. The first-order chi connectivity index (χ1) is 14.8. The van der Waals surface area contributed by atoms with Gasteiger partial charge in [0.25, 0.3) is 5.91 Å². The van der Waals surface area contributed by atoms with Gasteiger partial charge in [0.05, 0.1) is 11.8 Å². The quantitative estimate of drug-likeness (QED) is 0.808. The van der Waals surface area contributed by atoms with Gasteiger partial charge in [-0.15, -0.1) is 0 Å². The molecule has 1 aliphatic carbocycles. The van der Waals surface area contributed by atoms with E-state index in [9.17, 15) is 18.4 Å². The second-order valence-corrected chi connectivity index (χ2v) is 9.33. The molecule has 4 heterocycles. The molecular weight excluding hydrogens is 404 g/mol. The van der Waals surface area contributed by atoms with Crippen molar-refractivity contribution >= 4 is 22.8 Å². The molecule has 3 fully saturated rings. The number of pyridine rings is 1. The lowest BCUT2D eigenvalue weighted by Crippen LogP contribution is -2.54. The molecule has 3 aliphatic rings. The van der Waals surface area contributed by atoms with Crippen molar-refractivity contribution in [3.05, 3.63) is 24.0 Å². The molecule has 2 aromatic rings. The number of piperidine rings is 1. The molecular formula is C22H27F2N5O2. The SMILES string of the molecule is CN(C(=O)c1cnc2[nH]ncc2c1)C1CC2CCC(C1)N2C(=O)C1CCC(F)(F)CC1. The highest BCUT2D eigenvalue weighted by Gasteiger charge is 2.47. The molecule has 166 valence electrons. The monoisotopic (exact) mass is 431 g/mol. The van der Waals surface area contributed by atoms with Gasteiger partial charge >= 0.3 is 0 Å². The van der Waals surface area contributed by atoms with Gasteiger partial charge in [-0.05, 0) is 44.6 Å². The lowest BCUT2D eigenvalue weighted by atomic mass is 9.84. The molecule has 1 N–H and O–H groups in total. The van der Waals surface area contributed by atoms with Crippen molar-refractivity contribution in [1.82, 2.24) is 25.0 Å². The number of carbonyl (C=O) groups is 2. The van der Waals surface area contributed by atoms with Crippen molar-refractivity contribution in [2.45, 2.75) is 75.4 Å². The number of H-pyrrole nitrogens is 1. The summed E-state index contributed by atoms with van der Waals surface area (Å²) in [6, 6.07) is 2.01. The van der Waals surface area contributed by atoms with Crippen LogP contribution in [-0.2, 0) is 4.79 Å². The molecule has 0 radical (unpaired) electrons. The number of rotatable bonds is 3.